The summed E-state index contributed by atoms with van der Waals surface area (Å²) in [4.78, 5) is 3.93. The molecule has 0 saturated carbocycles. The maximum atomic E-state index is 9.18. The van der Waals surface area contributed by atoms with Gasteiger partial charge in [0.1, 0.15) is 5.82 Å². The van der Waals surface area contributed by atoms with E-state index < -0.39 is 0 Å². The van der Waals surface area contributed by atoms with E-state index in [-0.39, 0.29) is 5.88 Å². The molecule has 0 atom stereocenters. The molecule has 0 bridgehead atoms. The monoisotopic (exact) mass is 260 g/mol. The minimum Gasteiger partial charge on any atom is -0.492 e. The molecule has 0 saturated heterocycles. The van der Waals surface area contributed by atoms with Crippen LogP contribution in [-0.2, 0) is 6.54 Å². The molecule has 1 aromatic heterocycles. The van der Waals surface area contributed by atoms with Crippen molar-refractivity contribution < 1.29 is 5.11 Å². The number of nitrogens with zero attached hydrogens (tertiary/aromatic N) is 2. The van der Waals surface area contributed by atoms with E-state index in [9.17, 15) is 5.11 Å². The van der Waals surface area contributed by atoms with Gasteiger partial charge < -0.3 is 9.67 Å². The van der Waals surface area contributed by atoms with Gasteiger partial charge in [-0.05, 0) is 19.4 Å². The van der Waals surface area contributed by atoms with Crippen LogP contribution in [0, 0.1) is 6.92 Å². The molecule has 104 valence electrons. The van der Waals surface area contributed by atoms with Gasteiger partial charge in [-0.1, -0.05) is 50.3 Å². The third-order valence-electron chi connectivity index (χ3n) is 2.16. The fourth-order valence-corrected chi connectivity index (χ4v) is 1.43. The van der Waals surface area contributed by atoms with Gasteiger partial charge in [0.2, 0.25) is 5.88 Å². The summed E-state index contributed by atoms with van der Waals surface area (Å²) in [6, 6.07) is 10.1. The molecule has 1 N–H and O–H groups in total. The first-order valence-corrected chi connectivity index (χ1v) is 6.51. The van der Waals surface area contributed by atoms with Gasteiger partial charge in [-0.2, -0.15) is 4.98 Å². The van der Waals surface area contributed by atoms with Crippen molar-refractivity contribution in [2.24, 2.45) is 0 Å². The van der Waals surface area contributed by atoms with E-state index in [0.29, 0.717) is 0 Å². The van der Waals surface area contributed by atoms with E-state index in [0.717, 1.165) is 12.4 Å². The molecule has 0 aliphatic carbocycles. The zero-order valence-corrected chi connectivity index (χ0v) is 12.3. The number of allylic oxidation sites excluding steroid dienone is 1. The van der Waals surface area contributed by atoms with Crippen LogP contribution in [0.2, 0.25) is 0 Å². The van der Waals surface area contributed by atoms with Crippen molar-refractivity contribution in [3.8, 4) is 5.88 Å². The molecule has 0 aliphatic rings. The predicted molar refractivity (Wildman–Crippen MR) is 81.4 cm³/mol. The molecule has 0 fully saturated rings. The van der Waals surface area contributed by atoms with Gasteiger partial charge in [-0.15, -0.1) is 6.58 Å². The third-order valence-corrected chi connectivity index (χ3v) is 2.16. The lowest BCUT2D eigenvalue weighted by Gasteiger charge is -2.03. The number of aromatic hydroxyl groups is 1. The van der Waals surface area contributed by atoms with Gasteiger partial charge in [-0.25, -0.2) is 0 Å². The summed E-state index contributed by atoms with van der Waals surface area (Å²) in [6.07, 6.45) is 3.39. The molecule has 3 nitrogen and oxygen atoms in total. The van der Waals surface area contributed by atoms with Crippen molar-refractivity contribution >= 4 is 0 Å². The Hall–Kier alpha value is -2.03. The second kappa shape index (κ2) is 9.95. The first-order valence-electron chi connectivity index (χ1n) is 6.51. The van der Waals surface area contributed by atoms with Gasteiger partial charge in [0.05, 0.1) is 6.20 Å². The molecular formula is C16H24N2O. The highest BCUT2D eigenvalue weighted by molar-refractivity contribution is 5.17. The van der Waals surface area contributed by atoms with Crippen LogP contribution >= 0.6 is 0 Å². The van der Waals surface area contributed by atoms with Gasteiger partial charge in [0.25, 0.3) is 0 Å². The Kier molecular flexibility index (Phi) is 8.88. The SMILES string of the molecule is C=CC.CC.Cc1nc(O)cn1Cc1ccccc1. The van der Waals surface area contributed by atoms with E-state index in [1.165, 1.54) is 5.56 Å². The minimum absolute atomic E-state index is 0.0819. The number of aryl methyl sites for hydroxylation is 1. The Morgan fingerprint density at radius 3 is 2.21 bits per heavy atom. The summed E-state index contributed by atoms with van der Waals surface area (Å²) in [5, 5.41) is 9.18. The van der Waals surface area contributed by atoms with Gasteiger partial charge >= 0.3 is 0 Å². The Bertz CT molecular complexity index is 461. The van der Waals surface area contributed by atoms with Crippen LogP contribution in [0.15, 0.2) is 49.2 Å². The summed E-state index contributed by atoms with van der Waals surface area (Å²) in [5.74, 6) is 0.907. The second-order valence-electron chi connectivity index (χ2n) is 3.67. The Morgan fingerprint density at radius 2 is 1.79 bits per heavy atom. The number of imidazole rings is 1. The molecule has 2 rings (SSSR count). The van der Waals surface area contributed by atoms with Crippen LogP contribution in [0.25, 0.3) is 0 Å². The molecular weight excluding hydrogens is 236 g/mol. The summed E-state index contributed by atoms with van der Waals surface area (Å²) in [5.41, 5.74) is 1.20. The van der Waals surface area contributed by atoms with Crippen LogP contribution in [-0.4, -0.2) is 14.7 Å². The summed E-state index contributed by atoms with van der Waals surface area (Å²) >= 11 is 0. The summed E-state index contributed by atoms with van der Waals surface area (Å²) < 4.78 is 1.92. The van der Waals surface area contributed by atoms with Crippen molar-refractivity contribution in [3.05, 3.63) is 60.6 Å². The van der Waals surface area contributed by atoms with Gasteiger partial charge in [-0.3, -0.25) is 0 Å². The van der Waals surface area contributed by atoms with E-state index in [2.05, 4.69) is 23.7 Å². The number of hydrogen-bond acceptors (Lipinski definition) is 2. The normalized spacial score (nSPS) is 8.63. The lowest BCUT2D eigenvalue weighted by atomic mass is 10.2. The Balaban J connectivity index is 0.000000573. The van der Waals surface area contributed by atoms with Crippen LogP contribution in [0.3, 0.4) is 0 Å². The molecule has 1 heterocycles. The van der Waals surface area contributed by atoms with Crippen LogP contribution < -0.4 is 0 Å². The zero-order valence-electron chi connectivity index (χ0n) is 12.3. The first kappa shape index (κ1) is 17.0. The highest BCUT2D eigenvalue weighted by Gasteiger charge is 2.02. The van der Waals surface area contributed by atoms with Crippen molar-refractivity contribution in [2.45, 2.75) is 34.2 Å². The zero-order chi connectivity index (χ0) is 14.7. The van der Waals surface area contributed by atoms with Crippen molar-refractivity contribution in [1.82, 2.24) is 9.55 Å². The number of hydrogen-bond donors (Lipinski definition) is 1. The Morgan fingerprint density at radius 1 is 1.26 bits per heavy atom. The highest BCUT2D eigenvalue weighted by Crippen LogP contribution is 2.10. The first-order chi connectivity index (χ1) is 9.17. The lowest BCUT2D eigenvalue weighted by molar-refractivity contribution is 0.455. The molecule has 0 amide bonds. The number of aromatic nitrogens is 2. The molecule has 1 aromatic carbocycles. The highest BCUT2D eigenvalue weighted by atomic mass is 16.3. The number of rotatable bonds is 2. The fourth-order valence-electron chi connectivity index (χ4n) is 1.43. The van der Waals surface area contributed by atoms with Gasteiger partial charge in [0, 0.05) is 6.54 Å². The van der Waals surface area contributed by atoms with Gasteiger partial charge in [0.15, 0.2) is 0 Å². The largest absolute Gasteiger partial charge is 0.492 e. The maximum Gasteiger partial charge on any atom is 0.229 e. The molecule has 0 aliphatic heterocycles. The van der Waals surface area contributed by atoms with E-state index in [1.54, 1.807) is 12.3 Å². The smallest absolute Gasteiger partial charge is 0.229 e. The number of benzene rings is 1. The standard InChI is InChI=1S/C11H12N2O.C3H6.C2H6/c1-9-12-11(14)8-13(9)7-10-5-3-2-4-6-10;1-3-2;1-2/h2-6,8,14H,7H2,1H3;3H,1H2,2H3;1-2H3. The van der Waals surface area contributed by atoms with E-state index >= 15 is 0 Å². The molecule has 0 unspecified atom stereocenters. The van der Waals surface area contributed by atoms with Crippen molar-refractivity contribution in [3.63, 3.8) is 0 Å². The van der Waals surface area contributed by atoms with Crippen LogP contribution in [0.4, 0.5) is 0 Å². The van der Waals surface area contributed by atoms with E-state index in [1.807, 2.05) is 50.5 Å². The van der Waals surface area contributed by atoms with Crippen LogP contribution in [0.5, 0.6) is 5.88 Å². The average molecular weight is 260 g/mol. The lowest BCUT2D eigenvalue weighted by Crippen LogP contribution is -1.99. The molecule has 0 spiro atoms. The second-order valence-corrected chi connectivity index (χ2v) is 3.67. The predicted octanol–water partition coefficient (Wildman–Crippen LogP) is 4.16. The molecule has 0 radical (unpaired) electrons. The maximum absolute atomic E-state index is 9.18. The third kappa shape index (κ3) is 6.46. The average Bonchev–Trinajstić information content (AvgIpc) is 2.72. The topological polar surface area (TPSA) is 38.1 Å². The summed E-state index contributed by atoms with van der Waals surface area (Å²) in [7, 11) is 0. The quantitative estimate of drug-likeness (QED) is 0.823. The molecule has 3 heteroatoms. The van der Waals surface area contributed by atoms with Crippen LogP contribution in [0.1, 0.15) is 32.2 Å². The molecule has 2 aromatic rings. The molecule has 19 heavy (non-hydrogen) atoms. The van der Waals surface area contributed by atoms with Crippen molar-refractivity contribution in [1.29, 1.82) is 0 Å². The van der Waals surface area contributed by atoms with E-state index in [4.69, 9.17) is 0 Å². The van der Waals surface area contributed by atoms with Crippen molar-refractivity contribution in [2.75, 3.05) is 0 Å². The summed E-state index contributed by atoms with van der Waals surface area (Å²) in [6.45, 7) is 11.9. The fraction of sp³-hybridized carbons (Fsp3) is 0.312. The Labute approximate surface area is 116 Å². The minimum atomic E-state index is 0.0819.